The highest BCUT2D eigenvalue weighted by molar-refractivity contribution is 7.86. The maximum atomic E-state index is 12.9. The molecular formula is C19H23NO5S. The summed E-state index contributed by atoms with van der Waals surface area (Å²) >= 11 is 0. The number of methoxy groups -OCH3 is 1. The van der Waals surface area contributed by atoms with Crippen molar-refractivity contribution in [2.24, 2.45) is 0 Å². The second-order valence-corrected chi connectivity index (χ2v) is 7.77. The molecule has 0 aromatic heterocycles. The van der Waals surface area contributed by atoms with Crippen molar-refractivity contribution in [1.82, 2.24) is 4.90 Å². The Labute approximate surface area is 154 Å². The molecule has 0 N–H and O–H groups in total. The van der Waals surface area contributed by atoms with Crippen molar-refractivity contribution in [3.63, 3.8) is 0 Å². The van der Waals surface area contributed by atoms with E-state index in [2.05, 4.69) is 0 Å². The van der Waals surface area contributed by atoms with Crippen LogP contribution >= 0.6 is 0 Å². The molecule has 0 aliphatic rings. The highest BCUT2D eigenvalue weighted by Gasteiger charge is 2.19. The number of hydrogen-bond donors (Lipinski definition) is 0. The standard InChI is InChI=1S/C19H23NO5S/c1-14(2)20(19(21)16-6-5-7-18(12-16)24-3)13-15-8-10-17(11-9-15)25-26(4,22)23/h5-12,14H,13H2,1-4H3. The summed E-state index contributed by atoms with van der Waals surface area (Å²) in [6.07, 6.45) is 0.994. The van der Waals surface area contributed by atoms with Gasteiger partial charge in [0.05, 0.1) is 13.4 Å². The van der Waals surface area contributed by atoms with Gasteiger partial charge < -0.3 is 13.8 Å². The van der Waals surface area contributed by atoms with Crippen molar-refractivity contribution < 1.29 is 22.1 Å². The lowest BCUT2D eigenvalue weighted by Crippen LogP contribution is -2.36. The molecule has 0 bridgehead atoms. The van der Waals surface area contributed by atoms with Gasteiger partial charge in [-0.1, -0.05) is 18.2 Å². The van der Waals surface area contributed by atoms with E-state index in [1.54, 1.807) is 60.5 Å². The molecule has 0 radical (unpaired) electrons. The van der Waals surface area contributed by atoms with Crippen LogP contribution in [0.25, 0.3) is 0 Å². The molecule has 0 heterocycles. The molecule has 0 spiro atoms. The lowest BCUT2D eigenvalue weighted by molar-refractivity contribution is 0.0690. The molecule has 2 rings (SSSR count). The third-order valence-corrected chi connectivity index (χ3v) is 4.22. The highest BCUT2D eigenvalue weighted by Crippen LogP contribution is 2.19. The van der Waals surface area contributed by atoms with E-state index in [-0.39, 0.29) is 17.7 Å². The molecule has 7 heteroatoms. The number of nitrogens with zero attached hydrogens (tertiary/aromatic N) is 1. The van der Waals surface area contributed by atoms with Crippen LogP contribution in [-0.4, -0.2) is 38.6 Å². The SMILES string of the molecule is COc1cccc(C(=O)N(Cc2ccc(OS(C)(=O)=O)cc2)C(C)C)c1. The minimum atomic E-state index is -3.56. The average molecular weight is 377 g/mol. The number of carbonyl (C=O) groups is 1. The minimum Gasteiger partial charge on any atom is -0.497 e. The maximum absolute atomic E-state index is 12.9. The summed E-state index contributed by atoms with van der Waals surface area (Å²) in [6.45, 7) is 4.28. The van der Waals surface area contributed by atoms with Gasteiger partial charge in [0, 0.05) is 18.2 Å². The minimum absolute atomic E-state index is 0.0133. The van der Waals surface area contributed by atoms with Crippen molar-refractivity contribution in [2.75, 3.05) is 13.4 Å². The van der Waals surface area contributed by atoms with E-state index in [9.17, 15) is 13.2 Å². The van der Waals surface area contributed by atoms with Crippen molar-refractivity contribution >= 4 is 16.0 Å². The van der Waals surface area contributed by atoms with E-state index in [1.807, 2.05) is 13.8 Å². The first-order valence-corrected chi connectivity index (χ1v) is 9.94. The number of rotatable bonds is 7. The number of hydrogen-bond acceptors (Lipinski definition) is 5. The predicted octanol–water partition coefficient (Wildman–Crippen LogP) is 3.08. The zero-order valence-corrected chi connectivity index (χ0v) is 16.1. The first-order valence-electron chi connectivity index (χ1n) is 8.13. The van der Waals surface area contributed by atoms with Crippen molar-refractivity contribution in [2.45, 2.75) is 26.4 Å². The zero-order valence-electron chi connectivity index (χ0n) is 15.3. The largest absolute Gasteiger partial charge is 0.497 e. The molecule has 0 atom stereocenters. The molecule has 0 saturated heterocycles. The third kappa shape index (κ3) is 5.49. The first-order chi connectivity index (χ1) is 12.2. The van der Waals surface area contributed by atoms with Gasteiger partial charge >= 0.3 is 10.1 Å². The van der Waals surface area contributed by atoms with E-state index < -0.39 is 10.1 Å². The van der Waals surface area contributed by atoms with Gasteiger partial charge in [-0.2, -0.15) is 8.42 Å². The van der Waals surface area contributed by atoms with E-state index >= 15 is 0 Å². The molecule has 0 fully saturated rings. The first kappa shape index (κ1) is 19.8. The monoisotopic (exact) mass is 377 g/mol. The van der Waals surface area contributed by atoms with Gasteiger partial charge in [0.15, 0.2) is 0 Å². The van der Waals surface area contributed by atoms with E-state index in [0.29, 0.717) is 17.9 Å². The Bertz CT molecular complexity index is 860. The molecule has 2 aromatic rings. The second kappa shape index (κ2) is 8.23. The van der Waals surface area contributed by atoms with Crippen LogP contribution < -0.4 is 8.92 Å². The molecule has 6 nitrogen and oxygen atoms in total. The number of benzene rings is 2. The fraction of sp³-hybridized carbons (Fsp3) is 0.316. The maximum Gasteiger partial charge on any atom is 0.306 e. The van der Waals surface area contributed by atoms with Crippen LogP contribution in [0.15, 0.2) is 48.5 Å². The summed E-state index contributed by atoms with van der Waals surface area (Å²) in [4.78, 5) is 14.6. The normalized spacial score (nSPS) is 11.3. The van der Waals surface area contributed by atoms with Gasteiger partial charge in [0.2, 0.25) is 0 Å². The lowest BCUT2D eigenvalue weighted by atomic mass is 10.1. The lowest BCUT2D eigenvalue weighted by Gasteiger charge is -2.27. The van der Waals surface area contributed by atoms with Crippen LogP contribution in [0.4, 0.5) is 0 Å². The van der Waals surface area contributed by atoms with Crippen LogP contribution in [0.3, 0.4) is 0 Å². The smallest absolute Gasteiger partial charge is 0.306 e. The Balaban J connectivity index is 2.18. The average Bonchev–Trinajstić information content (AvgIpc) is 2.59. The molecule has 0 aliphatic carbocycles. The number of ether oxygens (including phenoxy) is 1. The van der Waals surface area contributed by atoms with E-state index in [0.717, 1.165) is 11.8 Å². The van der Waals surface area contributed by atoms with Gasteiger partial charge in [0.1, 0.15) is 11.5 Å². The van der Waals surface area contributed by atoms with Crippen LogP contribution in [0.5, 0.6) is 11.5 Å². The molecular weight excluding hydrogens is 354 g/mol. The molecule has 140 valence electrons. The Hall–Kier alpha value is -2.54. The Morgan fingerprint density at radius 3 is 2.27 bits per heavy atom. The fourth-order valence-corrected chi connectivity index (χ4v) is 2.89. The number of carbonyl (C=O) groups excluding carboxylic acids is 1. The van der Waals surface area contributed by atoms with Crippen LogP contribution in [0.1, 0.15) is 29.8 Å². The van der Waals surface area contributed by atoms with Gasteiger partial charge in [-0.15, -0.1) is 0 Å². The summed E-state index contributed by atoms with van der Waals surface area (Å²) in [5.74, 6) is 0.767. The summed E-state index contributed by atoms with van der Waals surface area (Å²) in [7, 11) is -2.00. The van der Waals surface area contributed by atoms with Crippen LogP contribution in [-0.2, 0) is 16.7 Å². The Morgan fingerprint density at radius 2 is 1.73 bits per heavy atom. The number of amides is 1. The van der Waals surface area contributed by atoms with Gasteiger partial charge in [-0.3, -0.25) is 4.79 Å². The molecule has 2 aromatic carbocycles. The third-order valence-electron chi connectivity index (χ3n) is 3.72. The Morgan fingerprint density at radius 1 is 1.08 bits per heavy atom. The summed E-state index contributed by atoms with van der Waals surface area (Å²) < 4.78 is 32.3. The molecule has 1 amide bonds. The molecule has 0 unspecified atom stereocenters. The summed E-state index contributed by atoms with van der Waals surface area (Å²) in [5.41, 5.74) is 1.42. The van der Waals surface area contributed by atoms with E-state index in [1.165, 1.54) is 0 Å². The van der Waals surface area contributed by atoms with Crippen LogP contribution in [0, 0.1) is 0 Å². The predicted molar refractivity (Wildman–Crippen MR) is 99.9 cm³/mol. The summed E-state index contributed by atoms with van der Waals surface area (Å²) in [6, 6.07) is 13.7. The molecule has 0 aliphatic heterocycles. The highest BCUT2D eigenvalue weighted by atomic mass is 32.2. The van der Waals surface area contributed by atoms with Crippen molar-refractivity contribution in [3.8, 4) is 11.5 Å². The zero-order chi connectivity index (χ0) is 19.3. The van der Waals surface area contributed by atoms with Gasteiger partial charge in [-0.05, 0) is 49.7 Å². The van der Waals surface area contributed by atoms with Crippen LogP contribution in [0.2, 0.25) is 0 Å². The van der Waals surface area contributed by atoms with Gasteiger partial charge in [0.25, 0.3) is 5.91 Å². The van der Waals surface area contributed by atoms with Crippen molar-refractivity contribution in [1.29, 1.82) is 0 Å². The molecule has 0 saturated carbocycles. The van der Waals surface area contributed by atoms with E-state index in [4.69, 9.17) is 8.92 Å². The second-order valence-electron chi connectivity index (χ2n) is 6.19. The topological polar surface area (TPSA) is 72.9 Å². The fourth-order valence-electron chi connectivity index (χ4n) is 2.43. The van der Waals surface area contributed by atoms with Gasteiger partial charge in [-0.25, -0.2) is 0 Å². The molecule has 26 heavy (non-hydrogen) atoms. The summed E-state index contributed by atoms with van der Waals surface area (Å²) in [5, 5.41) is 0. The van der Waals surface area contributed by atoms with Crippen molar-refractivity contribution in [3.05, 3.63) is 59.7 Å². The Kier molecular flexibility index (Phi) is 6.26. The quantitative estimate of drug-likeness (QED) is 0.694.